The maximum Gasteiger partial charge on any atom is 0.312 e. The molecule has 8 heteroatoms. The largest absolute Gasteiger partial charge is 0.495 e. The van der Waals surface area contributed by atoms with Crippen molar-refractivity contribution in [3.05, 3.63) is 23.8 Å². The van der Waals surface area contributed by atoms with Crippen LogP contribution >= 0.6 is 0 Å². The molecule has 0 saturated carbocycles. The van der Waals surface area contributed by atoms with E-state index >= 15 is 0 Å². The highest BCUT2D eigenvalue weighted by atomic mass is 16.5. The monoisotopic (exact) mass is 378 g/mol. The van der Waals surface area contributed by atoms with Crippen LogP contribution in [0.25, 0.3) is 0 Å². The van der Waals surface area contributed by atoms with Crippen LogP contribution in [-0.2, 0) is 23.9 Å². The maximum absolute atomic E-state index is 12.4. The first-order valence-corrected chi connectivity index (χ1v) is 8.79. The molecule has 1 aromatic carbocycles. The number of aryl methyl sites for hydroxylation is 1. The van der Waals surface area contributed by atoms with E-state index in [1.165, 1.54) is 26.0 Å². The van der Waals surface area contributed by atoms with Crippen molar-refractivity contribution < 1.29 is 28.6 Å². The number of nitrogens with one attached hydrogen (secondary N) is 1. The molecule has 1 N–H and O–H groups in total. The Balaban J connectivity index is 1.99. The lowest BCUT2D eigenvalue weighted by Crippen LogP contribution is -2.38. The maximum atomic E-state index is 12.4. The van der Waals surface area contributed by atoms with Gasteiger partial charge >= 0.3 is 5.97 Å². The topological polar surface area (TPSA) is 94.2 Å². The van der Waals surface area contributed by atoms with Crippen LogP contribution in [0.2, 0.25) is 0 Å². The van der Waals surface area contributed by atoms with Crippen molar-refractivity contribution in [2.45, 2.75) is 26.4 Å². The molecular weight excluding hydrogens is 352 g/mol. The number of anilines is 1. The molecule has 2 atom stereocenters. The first kappa shape index (κ1) is 20.7. The van der Waals surface area contributed by atoms with Gasteiger partial charge in [0.1, 0.15) is 5.75 Å². The standard InChI is InChI=1S/C19H26N2O6/c1-12-5-6-16(26-4)15(9-12)21-11-14(10-17(21)22)19(24)27-13(2)18(23)20-7-8-25-3/h5-6,9,13-14H,7-8,10-11H2,1-4H3,(H,20,23)/t13-,14-/m0/s1. The molecule has 0 bridgehead atoms. The van der Waals surface area contributed by atoms with Crippen LogP contribution in [0.15, 0.2) is 18.2 Å². The molecule has 0 spiro atoms. The summed E-state index contributed by atoms with van der Waals surface area (Å²) in [6.07, 6.45) is -0.902. The second-order valence-corrected chi connectivity index (χ2v) is 6.44. The van der Waals surface area contributed by atoms with Gasteiger partial charge in [-0.15, -0.1) is 0 Å². The minimum absolute atomic E-state index is 0.0357. The van der Waals surface area contributed by atoms with E-state index in [-0.39, 0.29) is 18.9 Å². The molecule has 0 unspecified atom stereocenters. The van der Waals surface area contributed by atoms with Gasteiger partial charge in [-0.05, 0) is 31.5 Å². The zero-order chi connectivity index (χ0) is 20.0. The number of amides is 2. The molecule has 1 heterocycles. The van der Waals surface area contributed by atoms with Gasteiger partial charge in [-0.25, -0.2) is 0 Å². The SMILES string of the molecule is COCCNC(=O)[C@H](C)OC(=O)[C@H]1CC(=O)N(c2cc(C)ccc2OC)C1. The highest BCUT2D eigenvalue weighted by Gasteiger charge is 2.38. The summed E-state index contributed by atoms with van der Waals surface area (Å²) in [6.45, 7) is 4.31. The molecule has 0 aromatic heterocycles. The number of nitrogens with zero attached hydrogens (tertiary/aromatic N) is 1. The molecule has 2 rings (SSSR count). The third kappa shape index (κ3) is 5.19. The quantitative estimate of drug-likeness (QED) is 0.537. The molecule has 1 saturated heterocycles. The van der Waals surface area contributed by atoms with E-state index in [2.05, 4.69) is 5.32 Å². The van der Waals surface area contributed by atoms with Crippen molar-refractivity contribution in [2.24, 2.45) is 5.92 Å². The number of carbonyl (C=O) groups excluding carboxylic acids is 3. The first-order chi connectivity index (χ1) is 12.9. The lowest BCUT2D eigenvalue weighted by molar-refractivity contribution is -0.158. The summed E-state index contributed by atoms with van der Waals surface area (Å²) < 4.78 is 15.4. The predicted octanol–water partition coefficient (Wildman–Crippen LogP) is 1.05. The van der Waals surface area contributed by atoms with Gasteiger partial charge in [-0.2, -0.15) is 0 Å². The van der Waals surface area contributed by atoms with Crippen molar-refractivity contribution in [1.29, 1.82) is 0 Å². The van der Waals surface area contributed by atoms with E-state index in [1.807, 2.05) is 19.1 Å². The van der Waals surface area contributed by atoms with Crippen LogP contribution in [0.3, 0.4) is 0 Å². The zero-order valence-corrected chi connectivity index (χ0v) is 16.1. The van der Waals surface area contributed by atoms with Crippen LogP contribution in [0.5, 0.6) is 5.75 Å². The van der Waals surface area contributed by atoms with Gasteiger partial charge in [0.05, 0.1) is 25.3 Å². The second-order valence-electron chi connectivity index (χ2n) is 6.44. The summed E-state index contributed by atoms with van der Waals surface area (Å²) >= 11 is 0. The van der Waals surface area contributed by atoms with Crippen LogP contribution < -0.4 is 15.0 Å². The van der Waals surface area contributed by atoms with Gasteiger partial charge < -0.3 is 24.4 Å². The van der Waals surface area contributed by atoms with E-state index in [4.69, 9.17) is 14.2 Å². The van der Waals surface area contributed by atoms with E-state index in [0.29, 0.717) is 24.6 Å². The molecule has 2 amide bonds. The summed E-state index contributed by atoms with van der Waals surface area (Å²) in [5.74, 6) is -1.21. The molecule has 1 aliphatic heterocycles. The second kappa shape index (κ2) is 9.36. The van der Waals surface area contributed by atoms with E-state index in [9.17, 15) is 14.4 Å². The summed E-state index contributed by atoms with van der Waals surface area (Å²) in [6, 6.07) is 5.52. The van der Waals surface area contributed by atoms with Crippen LogP contribution in [-0.4, -0.2) is 57.8 Å². The van der Waals surface area contributed by atoms with E-state index in [0.717, 1.165) is 5.56 Å². The minimum atomic E-state index is -0.938. The van der Waals surface area contributed by atoms with Crippen molar-refractivity contribution in [3.8, 4) is 5.75 Å². The van der Waals surface area contributed by atoms with Crippen molar-refractivity contribution in [3.63, 3.8) is 0 Å². The Labute approximate surface area is 158 Å². The lowest BCUT2D eigenvalue weighted by atomic mass is 10.1. The fourth-order valence-electron chi connectivity index (χ4n) is 2.85. The van der Waals surface area contributed by atoms with Gasteiger partial charge in [0.2, 0.25) is 5.91 Å². The molecule has 148 valence electrons. The molecule has 1 fully saturated rings. The molecule has 27 heavy (non-hydrogen) atoms. The Morgan fingerprint density at radius 1 is 1.33 bits per heavy atom. The summed E-state index contributed by atoms with van der Waals surface area (Å²) in [4.78, 5) is 38.3. The number of hydrogen-bond acceptors (Lipinski definition) is 6. The molecule has 0 aliphatic carbocycles. The third-order valence-electron chi connectivity index (χ3n) is 4.35. The molecule has 1 aliphatic rings. The molecule has 8 nitrogen and oxygen atoms in total. The Morgan fingerprint density at radius 2 is 2.07 bits per heavy atom. The molecule has 1 aromatic rings. The van der Waals surface area contributed by atoms with Gasteiger partial charge in [0, 0.05) is 26.6 Å². The highest BCUT2D eigenvalue weighted by molar-refractivity contribution is 6.00. The van der Waals surface area contributed by atoms with E-state index in [1.54, 1.807) is 6.07 Å². The van der Waals surface area contributed by atoms with Crippen LogP contribution in [0.4, 0.5) is 5.69 Å². The van der Waals surface area contributed by atoms with E-state index < -0.39 is 23.9 Å². The highest BCUT2D eigenvalue weighted by Crippen LogP contribution is 2.34. The summed E-state index contributed by atoms with van der Waals surface area (Å²) in [5, 5.41) is 2.61. The van der Waals surface area contributed by atoms with Crippen LogP contribution in [0.1, 0.15) is 18.9 Å². The van der Waals surface area contributed by atoms with Gasteiger partial charge in [0.15, 0.2) is 6.10 Å². The van der Waals surface area contributed by atoms with Crippen molar-refractivity contribution >= 4 is 23.5 Å². The summed E-state index contributed by atoms with van der Waals surface area (Å²) in [5.41, 5.74) is 1.61. The van der Waals surface area contributed by atoms with Gasteiger partial charge in [0.25, 0.3) is 5.91 Å². The Hall–Kier alpha value is -2.61. The normalized spacial score (nSPS) is 17.6. The minimum Gasteiger partial charge on any atom is -0.495 e. The number of carbonyl (C=O) groups is 3. The van der Waals surface area contributed by atoms with Crippen LogP contribution in [0, 0.1) is 12.8 Å². The predicted molar refractivity (Wildman–Crippen MR) is 98.6 cm³/mol. The fraction of sp³-hybridized carbons (Fsp3) is 0.526. The third-order valence-corrected chi connectivity index (χ3v) is 4.35. The molecule has 0 radical (unpaired) electrons. The number of ether oxygens (including phenoxy) is 3. The lowest BCUT2D eigenvalue weighted by Gasteiger charge is -2.20. The Bertz CT molecular complexity index is 705. The number of methoxy groups -OCH3 is 2. The number of rotatable bonds is 8. The van der Waals surface area contributed by atoms with Gasteiger partial charge in [-0.3, -0.25) is 14.4 Å². The average molecular weight is 378 g/mol. The fourth-order valence-corrected chi connectivity index (χ4v) is 2.85. The zero-order valence-electron chi connectivity index (χ0n) is 16.1. The number of hydrogen-bond donors (Lipinski definition) is 1. The number of benzene rings is 1. The average Bonchev–Trinajstić information content (AvgIpc) is 3.03. The first-order valence-electron chi connectivity index (χ1n) is 8.79. The Morgan fingerprint density at radius 3 is 2.74 bits per heavy atom. The van der Waals surface area contributed by atoms with Crippen molar-refractivity contribution in [2.75, 3.05) is 38.8 Å². The summed E-state index contributed by atoms with van der Waals surface area (Å²) in [7, 11) is 3.06. The van der Waals surface area contributed by atoms with Crippen molar-refractivity contribution in [1.82, 2.24) is 5.32 Å². The number of esters is 1. The smallest absolute Gasteiger partial charge is 0.312 e. The van der Waals surface area contributed by atoms with Gasteiger partial charge in [-0.1, -0.05) is 6.07 Å². The Kier molecular flexibility index (Phi) is 7.18. The molecular formula is C19H26N2O6.